The van der Waals surface area contributed by atoms with E-state index in [9.17, 15) is 0 Å². The van der Waals surface area contributed by atoms with Crippen LogP contribution in [0.3, 0.4) is 0 Å². The molecule has 1 rings (SSSR count). The Morgan fingerprint density at radius 1 is 1.60 bits per heavy atom. The van der Waals surface area contributed by atoms with Crippen molar-refractivity contribution in [3.63, 3.8) is 0 Å². The molecule has 80 valence electrons. The molecule has 1 unspecified atom stereocenters. The van der Waals surface area contributed by atoms with Gasteiger partial charge in [-0.3, -0.25) is 0 Å². The highest BCUT2D eigenvalue weighted by Gasteiger charge is 1.96. The summed E-state index contributed by atoms with van der Waals surface area (Å²) in [7, 11) is 0. The Bertz CT molecular complexity index is 327. The van der Waals surface area contributed by atoms with Crippen molar-refractivity contribution in [2.24, 2.45) is 0 Å². The van der Waals surface area contributed by atoms with E-state index < -0.39 is 0 Å². The zero-order valence-corrected chi connectivity index (χ0v) is 8.77. The van der Waals surface area contributed by atoms with Crippen LogP contribution in [0.4, 0.5) is 5.82 Å². The van der Waals surface area contributed by atoms with E-state index in [1.807, 2.05) is 6.07 Å². The lowest BCUT2D eigenvalue weighted by Crippen LogP contribution is -2.07. The molecule has 1 aromatic rings. The molecule has 1 atom stereocenters. The minimum atomic E-state index is -0.249. The number of pyridine rings is 1. The SMILES string of the molecule is CC(O)CCCNc1ccc(C#N)cn1. The Balaban J connectivity index is 2.29. The van der Waals surface area contributed by atoms with Gasteiger partial charge >= 0.3 is 0 Å². The molecular formula is C11H15N3O. The summed E-state index contributed by atoms with van der Waals surface area (Å²) in [5.41, 5.74) is 0.560. The molecule has 0 bridgehead atoms. The first-order valence-electron chi connectivity index (χ1n) is 5.00. The molecule has 0 amide bonds. The van der Waals surface area contributed by atoms with E-state index in [0.29, 0.717) is 5.56 Å². The van der Waals surface area contributed by atoms with Gasteiger partial charge in [-0.1, -0.05) is 0 Å². The largest absolute Gasteiger partial charge is 0.393 e. The number of nitrogens with zero attached hydrogens (tertiary/aromatic N) is 2. The van der Waals surface area contributed by atoms with Crippen LogP contribution in [0.1, 0.15) is 25.3 Å². The number of nitrogens with one attached hydrogen (secondary N) is 1. The first-order valence-corrected chi connectivity index (χ1v) is 5.00. The monoisotopic (exact) mass is 205 g/mol. The topological polar surface area (TPSA) is 68.9 Å². The Morgan fingerprint density at radius 2 is 2.40 bits per heavy atom. The molecule has 0 radical (unpaired) electrons. The fourth-order valence-corrected chi connectivity index (χ4v) is 1.18. The number of rotatable bonds is 5. The van der Waals surface area contributed by atoms with E-state index in [1.54, 1.807) is 19.1 Å². The van der Waals surface area contributed by atoms with Gasteiger partial charge in [-0.2, -0.15) is 5.26 Å². The third-order valence-corrected chi connectivity index (χ3v) is 2.00. The van der Waals surface area contributed by atoms with Gasteiger partial charge < -0.3 is 10.4 Å². The van der Waals surface area contributed by atoms with Crippen LogP contribution in [0.5, 0.6) is 0 Å². The van der Waals surface area contributed by atoms with E-state index in [1.165, 1.54) is 6.20 Å². The molecule has 0 aliphatic carbocycles. The summed E-state index contributed by atoms with van der Waals surface area (Å²) in [6, 6.07) is 5.52. The highest BCUT2D eigenvalue weighted by molar-refractivity contribution is 5.38. The van der Waals surface area contributed by atoms with Crippen LogP contribution >= 0.6 is 0 Å². The molecule has 0 fully saturated rings. The van der Waals surface area contributed by atoms with Crippen molar-refractivity contribution >= 4 is 5.82 Å². The first kappa shape index (κ1) is 11.5. The van der Waals surface area contributed by atoms with Gasteiger partial charge in [-0.15, -0.1) is 0 Å². The van der Waals surface area contributed by atoms with Crippen LogP contribution in [-0.2, 0) is 0 Å². The molecule has 4 nitrogen and oxygen atoms in total. The zero-order valence-electron chi connectivity index (χ0n) is 8.77. The van der Waals surface area contributed by atoms with Crippen molar-refractivity contribution in [1.82, 2.24) is 4.98 Å². The predicted octanol–water partition coefficient (Wildman–Crippen LogP) is 1.53. The van der Waals surface area contributed by atoms with Crippen LogP contribution in [0, 0.1) is 11.3 Å². The summed E-state index contributed by atoms with van der Waals surface area (Å²) in [5, 5.41) is 20.7. The van der Waals surface area contributed by atoms with Gasteiger partial charge in [0.15, 0.2) is 0 Å². The molecule has 0 aliphatic heterocycles. The number of anilines is 1. The molecule has 1 aromatic heterocycles. The molecule has 2 N–H and O–H groups in total. The minimum absolute atomic E-state index is 0.249. The van der Waals surface area contributed by atoms with E-state index >= 15 is 0 Å². The molecule has 0 aliphatic rings. The Morgan fingerprint density at radius 3 is 2.93 bits per heavy atom. The Labute approximate surface area is 89.6 Å². The van der Waals surface area contributed by atoms with Crippen molar-refractivity contribution in [3.05, 3.63) is 23.9 Å². The van der Waals surface area contributed by atoms with Gasteiger partial charge in [0.2, 0.25) is 0 Å². The van der Waals surface area contributed by atoms with E-state index in [0.717, 1.165) is 25.2 Å². The summed E-state index contributed by atoms with van der Waals surface area (Å²) in [4.78, 5) is 4.07. The van der Waals surface area contributed by atoms with Crippen LogP contribution in [0.25, 0.3) is 0 Å². The average Bonchev–Trinajstić information content (AvgIpc) is 2.25. The lowest BCUT2D eigenvalue weighted by atomic mass is 10.2. The fourth-order valence-electron chi connectivity index (χ4n) is 1.18. The maximum absolute atomic E-state index is 9.04. The van der Waals surface area contributed by atoms with E-state index in [2.05, 4.69) is 10.3 Å². The molecule has 0 saturated carbocycles. The third kappa shape index (κ3) is 4.43. The zero-order chi connectivity index (χ0) is 11.1. The second-order valence-electron chi connectivity index (χ2n) is 3.46. The minimum Gasteiger partial charge on any atom is -0.393 e. The molecule has 0 aromatic carbocycles. The van der Waals surface area contributed by atoms with Gasteiger partial charge in [-0.05, 0) is 31.9 Å². The smallest absolute Gasteiger partial charge is 0.125 e. The predicted molar refractivity (Wildman–Crippen MR) is 58.4 cm³/mol. The van der Waals surface area contributed by atoms with Crippen molar-refractivity contribution in [1.29, 1.82) is 5.26 Å². The molecule has 0 spiro atoms. The number of nitriles is 1. The number of aliphatic hydroxyl groups is 1. The van der Waals surface area contributed by atoms with Crippen molar-refractivity contribution < 1.29 is 5.11 Å². The van der Waals surface area contributed by atoms with Crippen molar-refractivity contribution in [2.45, 2.75) is 25.9 Å². The molecule has 15 heavy (non-hydrogen) atoms. The Hall–Kier alpha value is -1.60. The van der Waals surface area contributed by atoms with Crippen LogP contribution < -0.4 is 5.32 Å². The highest BCUT2D eigenvalue weighted by Crippen LogP contribution is 2.04. The van der Waals surface area contributed by atoms with Crippen molar-refractivity contribution in [3.8, 4) is 6.07 Å². The van der Waals surface area contributed by atoms with Crippen molar-refractivity contribution in [2.75, 3.05) is 11.9 Å². The fraction of sp³-hybridized carbons (Fsp3) is 0.455. The lowest BCUT2D eigenvalue weighted by molar-refractivity contribution is 0.183. The second-order valence-corrected chi connectivity index (χ2v) is 3.46. The summed E-state index contributed by atoms with van der Waals surface area (Å²) < 4.78 is 0. The summed E-state index contributed by atoms with van der Waals surface area (Å²) in [5.74, 6) is 0.764. The quantitative estimate of drug-likeness (QED) is 0.715. The van der Waals surface area contributed by atoms with E-state index in [-0.39, 0.29) is 6.10 Å². The standard InChI is InChI=1S/C11H15N3O/c1-9(15)3-2-6-13-11-5-4-10(7-12)8-14-11/h4-5,8-9,15H,2-3,6H2,1H3,(H,13,14). The number of aromatic nitrogens is 1. The van der Waals surface area contributed by atoms with Gasteiger partial charge in [0.1, 0.15) is 11.9 Å². The van der Waals surface area contributed by atoms with Crippen LogP contribution in [0.2, 0.25) is 0 Å². The van der Waals surface area contributed by atoms with Gasteiger partial charge in [-0.25, -0.2) is 4.98 Å². The molecule has 1 heterocycles. The van der Waals surface area contributed by atoms with E-state index in [4.69, 9.17) is 10.4 Å². The van der Waals surface area contributed by atoms with Crippen LogP contribution in [0.15, 0.2) is 18.3 Å². The van der Waals surface area contributed by atoms with Crippen LogP contribution in [-0.4, -0.2) is 22.7 Å². The van der Waals surface area contributed by atoms with Gasteiger partial charge in [0.25, 0.3) is 0 Å². The second kappa shape index (κ2) is 5.99. The summed E-state index contributed by atoms with van der Waals surface area (Å²) >= 11 is 0. The average molecular weight is 205 g/mol. The lowest BCUT2D eigenvalue weighted by Gasteiger charge is -2.06. The Kier molecular flexibility index (Phi) is 4.58. The highest BCUT2D eigenvalue weighted by atomic mass is 16.3. The normalized spacial score (nSPS) is 11.8. The number of aliphatic hydroxyl groups excluding tert-OH is 1. The molecule has 0 saturated heterocycles. The molecular weight excluding hydrogens is 190 g/mol. The van der Waals surface area contributed by atoms with Gasteiger partial charge in [0.05, 0.1) is 11.7 Å². The first-order chi connectivity index (χ1) is 7.22. The number of hydrogen-bond acceptors (Lipinski definition) is 4. The molecule has 4 heteroatoms. The maximum Gasteiger partial charge on any atom is 0.125 e. The summed E-state index contributed by atoms with van der Waals surface area (Å²) in [6.45, 7) is 2.56. The third-order valence-electron chi connectivity index (χ3n) is 2.00. The maximum atomic E-state index is 9.04. The number of hydrogen-bond donors (Lipinski definition) is 2. The summed E-state index contributed by atoms with van der Waals surface area (Å²) in [6.07, 6.45) is 2.97. The van der Waals surface area contributed by atoms with Gasteiger partial charge in [0, 0.05) is 12.7 Å².